The molecular formula is C12H14FNO2. The fraction of sp³-hybridized carbons (Fsp3) is 0.417. The van der Waals surface area contributed by atoms with Gasteiger partial charge in [-0.25, -0.2) is 4.39 Å². The summed E-state index contributed by atoms with van der Waals surface area (Å²) in [5, 5.41) is 12.0. The highest BCUT2D eigenvalue weighted by atomic mass is 19.1. The molecule has 0 aromatic heterocycles. The van der Waals surface area contributed by atoms with E-state index in [-0.39, 0.29) is 11.7 Å². The van der Waals surface area contributed by atoms with Gasteiger partial charge in [0, 0.05) is 5.92 Å². The highest BCUT2D eigenvalue weighted by molar-refractivity contribution is 5.75. The summed E-state index contributed by atoms with van der Waals surface area (Å²) in [7, 11) is 0. The molecule has 0 saturated carbocycles. The number of rotatable bonds is 2. The number of aryl methyl sites for hydroxylation is 1. The molecule has 1 aliphatic heterocycles. The molecule has 2 atom stereocenters. The fourth-order valence-electron chi connectivity index (χ4n) is 2.22. The largest absolute Gasteiger partial charge is 0.480 e. The number of carboxylic acids is 1. The van der Waals surface area contributed by atoms with Crippen molar-refractivity contribution in [3.63, 3.8) is 0 Å². The summed E-state index contributed by atoms with van der Waals surface area (Å²) in [6, 6.07) is 4.27. The Morgan fingerprint density at radius 2 is 2.31 bits per heavy atom. The molecule has 86 valence electrons. The van der Waals surface area contributed by atoms with E-state index >= 15 is 0 Å². The van der Waals surface area contributed by atoms with Crippen molar-refractivity contribution in [1.82, 2.24) is 5.32 Å². The van der Waals surface area contributed by atoms with Gasteiger partial charge in [0.05, 0.1) is 0 Å². The zero-order valence-corrected chi connectivity index (χ0v) is 9.03. The van der Waals surface area contributed by atoms with Crippen LogP contribution in [0.2, 0.25) is 0 Å². The molecule has 1 aromatic carbocycles. The van der Waals surface area contributed by atoms with E-state index in [1.807, 2.05) is 0 Å². The van der Waals surface area contributed by atoms with Crippen LogP contribution in [0.25, 0.3) is 0 Å². The molecular weight excluding hydrogens is 209 g/mol. The Morgan fingerprint density at radius 3 is 2.94 bits per heavy atom. The van der Waals surface area contributed by atoms with E-state index in [0.717, 1.165) is 12.0 Å². The maximum atomic E-state index is 13.1. The molecule has 0 spiro atoms. The third kappa shape index (κ3) is 1.93. The van der Waals surface area contributed by atoms with Gasteiger partial charge in [0.15, 0.2) is 0 Å². The molecule has 4 heteroatoms. The minimum absolute atomic E-state index is 0.0585. The second kappa shape index (κ2) is 4.22. The van der Waals surface area contributed by atoms with Gasteiger partial charge in [0.1, 0.15) is 11.9 Å². The molecule has 1 aromatic rings. The normalized spacial score (nSPS) is 24.6. The smallest absolute Gasteiger partial charge is 0.321 e. The second-order valence-corrected chi connectivity index (χ2v) is 4.17. The maximum absolute atomic E-state index is 13.1. The predicted octanol–water partition coefficient (Wildman–Crippen LogP) is 1.66. The third-order valence-corrected chi connectivity index (χ3v) is 3.10. The highest BCUT2D eigenvalue weighted by Gasteiger charge is 2.33. The minimum atomic E-state index is -0.843. The van der Waals surface area contributed by atoms with Gasteiger partial charge in [0.2, 0.25) is 0 Å². The summed E-state index contributed by atoms with van der Waals surface area (Å²) in [6.45, 7) is 2.38. The van der Waals surface area contributed by atoms with Crippen LogP contribution < -0.4 is 5.32 Å². The number of halogens is 1. The van der Waals surface area contributed by atoms with Crippen LogP contribution in [0.3, 0.4) is 0 Å². The van der Waals surface area contributed by atoms with Crippen molar-refractivity contribution in [2.24, 2.45) is 0 Å². The fourth-order valence-corrected chi connectivity index (χ4v) is 2.22. The first kappa shape index (κ1) is 11.1. The van der Waals surface area contributed by atoms with E-state index < -0.39 is 12.0 Å². The maximum Gasteiger partial charge on any atom is 0.321 e. The Labute approximate surface area is 93.3 Å². The van der Waals surface area contributed by atoms with Crippen LogP contribution in [-0.4, -0.2) is 23.7 Å². The van der Waals surface area contributed by atoms with E-state index in [1.54, 1.807) is 19.1 Å². The standard InChI is InChI=1S/C12H14FNO2/c1-7-6-8(2-3-10(7)13)9-4-5-14-11(9)12(15)16/h2-3,6,9,11,14H,4-5H2,1H3,(H,15,16). The Kier molecular flexibility index (Phi) is 2.92. The van der Waals surface area contributed by atoms with Crippen LogP contribution in [0.4, 0.5) is 4.39 Å². The van der Waals surface area contributed by atoms with Crippen molar-refractivity contribution < 1.29 is 14.3 Å². The second-order valence-electron chi connectivity index (χ2n) is 4.17. The molecule has 0 radical (unpaired) electrons. The van der Waals surface area contributed by atoms with Gasteiger partial charge in [-0.2, -0.15) is 0 Å². The van der Waals surface area contributed by atoms with Gasteiger partial charge in [-0.15, -0.1) is 0 Å². The number of carboxylic acid groups (broad SMARTS) is 1. The van der Waals surface area contributed by atoms with Crippen LogP contribution in [0.1, 0.15) is 23.5 Å². The molecule has 1 fully saturated rings. The average Bonchev–Trinajstić information content (AvgIpc) is 2.71. The van der Waals surface area contributed by atoms with E-state index in [0.29, 0.717) is 12.1 Å². The molecule has 16 heavy (non-hydrogen) atoms. The third-order valence-electron chi connectivity index (χ3n) is 3.10. The monoisotopic (exact) mass is 223 g/mol. The quantitative estimate of drug-likeness (QED) is 0.801. The van der Waals surface area contributed by atoms with Gasteiger partial charge in [0.25, 0.3) is 0 Å². The predicted molar refractivity (Wildman–Crippen MR) is 57.9 cm³/mol. The first-order chi connectivity index (χ1) is 7.59. The number of hydrogen-bond acceptors (Lipinski definition) is 2. The first-order valence-corrected chi connectivity index (χ1v) is 5.32. The molecule has 3 nitrogen and oxygen atoms in total. The number of carbonyl (C=O) groups is 1. The number of benzene rings is 1. The zero-order valence-electron chi connectivity index (χ0n) is 9.03. The minimum Gasteiger partial charge on any atom is -0.480 e. The number of aliphatic carboxylic acids is 1. The molecule has 2 unspecified atom stereocenters. The van der Waals surface area contributed by atoms with Crippen LogP contribution in [-0.2, 0) is 4.79 Å². The Morgan fingerprint density at radius 1 is 1.56 bits per heavy atom. The lowest BCUT2D eigenvalue weighted by Gasteiger charge is -2.16. The van der Waals surface area contributed by atoms with Gasteiger partial charge in [-0.1, -0.05) is 12.1 Å². The SMILES string of the molecule is Cc1cc(C2CCNC2C(=O)O)ccc1F. The van der Waals surface area contributed by atoms with Gasteiger partial charge >= 0.3 is 5.97 Å². The summed E-state index contributed by atoms with van der Waals surface area (Å²) < 4.78 is 13.1. The van der Waals surface area contributed by atoms with Crippen LogP contribution >= 0.6 is 0 Å². The summed E-state index contributed by atoms with van der Waals surface area (Å²) in [6.07, 6.45) is 0.780. The lowest BCUT2D eigenvalue weighted by Crippen LogP contribution is -2.34. The first-order valence-electron chi connectivity index (χ1n) is 5.32. The lowest BCUT2D eigenvalue weighted by atomic mass is 9.91. The van der Waals surface area contributed by atoms with E-state index in [2.05, 4.69) is 5.32 Å². The molecule has 0 bridgehead atoms. The average molecular weight is 223 g/mol. The molecule has 0 amide bonds. The van der Waals surface area contributed by atoms with Gasteiger partial charge in [-0.05, 0) is 37.1 Å². The molecule has 0 aliphatic carbocycles. The molecule has 1 heterocycles. The van der Waals surface area contributed by atoms with Crippen LogP contribution in [0.15, 0.2) is 18.2 Å². The number of nitrogens with one attached hydrogen (secondary N) is 1. The number of hydrogen-bond donors (Lipinski definition) is 2. The van der Waals surface area contributed by atoms with Crippen molar-refractivity contribution >= 4 is 5.97 Å². The molecule has 1 aliphatic rings. The van der Waals surface area contributed by atoms with E-state index in [1.165, 1.54) is 6.07 Å². The van der Waals surface area contributed by atoms with Crippen LogP contribution in [0, 0.1) is 12.7 Å². The van der Waals surface area contributed by atoms with Crippen molar-refractivity contribution in [3.05, 3.63) is 35.1 Å². The molecule has 1 saturated heterocycles. The lowest BCUT2D eigenvalue weighted by molar-refractivity contribution is -0.139. The summed E-state index contributed by atoms with van der Waals surface area (Å²) in [5.74, 6) is -1.15. The van der Waals surface area contributed by atoms with Gasteiger partial charge < -0.3 is 10.4 Å². The summed E-state index contributed by atoms with van der Waals surface area (Å²) in [4.78, 5) is 11.0. The summed E-state index contributed by atoms with van der Waals surface area (Å²) in [5.41, 5.74) is 1.46. The van der Waals surface area contributed by atoms with Crippen molar-refractivity contribution in [2.45, 2.75) is 25.3 Å². The molecule has 2 rings (SSSR count). The Bertz CT molecular complexity index is 419. The highest BCUT2D eigenvalue weighted by Crippen LogP contribution is 2.28. The van der Waals surface area contributed by atoms with E-state index in [4.69, 9.17) is 5.11 Å². The van der Waals surface area contributed by atoms with Crippen LogP contribution in [0.5, 0.6) is 0 Å². The van der Waals surface area contributed by atoms with Crippen molar-refractivity contribution in [3.8, 4) is 0 Å². The Balaban J connectivity index is 2.29. The van der Waals surface area contributed by atoms with Crippen molar-refractivity contribution in [1.29, 1.82) is 0 Å². The van der Waals surface area contributed by atoms with Gasteiger partial charge in [-0.3, -0.25) is 4.79 Å². The van der Waals surface area contributed by atoms with Crippen molar-refractivity contribution in [2.75, 3.05) is 6.54 Å². The van der Waals surface area contributed by atoms with E-state index in [9.17, 15) is 9.18 Å². The zero-order chi connectivity index (χ0) is 11.7. The summed E-state index contributed by atoms with van der Waals surface area (Å²) >= 11 is 0. The topological polar surface area (TPSA) is 49.3 Å². The molecule has 2 N–H and O–H groups in total. The Hall–Kier alpha value is -1.42.